The Labute approximate surface area is 151 Å². The van der Waals surface area contributed by atoms with Crippen molar-refractivity contribution in [1.82, 2.24) is 24.9 Å². The fourth-order valence-electron chi connectivity index (χ4n) is 2.28. The first-order chi connectivity index (χ1) is 11.7. The molecule has 0 unspecified atom stereocenters. The van der Waals surface area contributed by atoms with Crippen molar-refractivity contribution >= 4 is 21.8 Å². The fraction of sp³-hybridized carbons (Fsp3) is 0.533. The summed E-state index contributed by atoms with van der Waals surface area (Å²) >= 11 is 3.35. The number of rotatable bonds is 7. The number of nitrogens with zero attached hydrogens (tertiary/aromatic N) is 4. The van der Waals surface area contributed by atoms with Gasteiger partial charge in [-0.3, -0.25) is 14.2 Å². The Morgan fingerprint density at radius 3 is 2.56 bits per heavy atom. The van der Waals surface area contributed by atoms with Crippen LogP contribution < -0.4 is 5.32 Å². The summed E-state index contributed by atoms with van der Waals surface area (Å²) in [6, 6.07) is 1.02. The molecule has 0 aromatic carbocycles. The quantitative estimate of drug-likeness (QED) is 0.698. The molecule has 1 N–H and O–H groups in total. The molecule has 0 radical (unpaired) electrons. The van der Waals surface area contributed by atoms with Gasteiger partial charge in [-0.15, -0.1) is 0 Å². The van der Waals surface area contributed by atoms with Gasteiger partial charge >= 0.3 is 6.18 Å². The lowest BCUT2D eigenvalue weighted by molar-refractivity contribution is -0.141. The van der Waals surface area contributed by atoms with E-state index in [1.54, 1.807) is 17.8 Å². The maximum absolute atomic E-state index is 12.6. The zero-order chi connectivity index (χ0) is 18.6. The molecule has 0 fully saturated rings. The molecular weight excluding hydrogens is 403 g/mol. The number of carbonyl (C=O) groups is 1. The highest BCUT2D eigenvalue weighted by molar-refractivity contribution is 9.10. The molecule has 0 aliphatic heterocycles. The third-order valence-electron chi connectivity index (χ3n) is 3.73. The Kier molecular flexibility index (Phi) is 6.26. The van der Waals surface area contributed by atoms with Gasteiger partial charge < -0.3 is 5.32 Å². The first kappa shape index (κ1) is 19.5. The zero-order valence-corrected chi connectivity index (χ0v) is 15.5. The summed E-state index contributed by atoms with van der Waals surface area (Å²) in [7, 11) is 0. The summed E-state index contributed by atoms with van der Waals surface area (Å²) in [5, 5.41) is 10.4. The van der Waals surface area contributed by atoms with Crippen molar-refractivity contribution in [3.05, 3.63) is 33.8 Å². The number of alkyl halides is 3. The highest BCUT2D eigenvalue weighted by atomic mass is 79.9. The van der Waals surface area contributed by atoms with Crippen LogP contribution in [0.3, 0.4) is 0 Å². The third kappa shape index (κ3) is 5.32. The normalized spacial score (nSPS) is 11.8. The molecule has 138 valence electrons. The second kappa shape index (κ2) is 8.03. The lowest BCUT2D eigenvalue weighted by Crippen LogP contribution is -2.26. The standard InChI is InChI=1S/C15H19BrF3N5O/c1-10-8-13(15(17,18)19)22-23(10)6-3-5-20-14(25)4-7-24-11(2)12(16)9-21-24/h8-9H,3-7H2,1-2H3,(H,20,25). The van der Waals surface area contributed by atoms with Gasteiger partial charge in [0.1, 0.15) is 0 Å². The average Bonchev–Trinajstić information content (AvgIpc) is 3.06. The number of nitrogens with one attached hydrogen (secondary N) is 1. The summed E-state index contributed by atoms with van der Waals surface area (Å²) in [5.74, 6) is -0.126. The molecule has 0 atom stereocenters. The highest BCUT2D eigenvalue weighted by Gasteiger charge is 2.34. The van der Waals surface area contributed by atoms with Gasteiger partial charge in [0.15, 0.2) is 5.69 Å². The van der Waals surface area contributed by atoms with E-state index in [1.165, 1.54) is 4.68 Å². The Balaban J connectivity index is 1.71. The minimum atomic E-state index is -4.44. The first-order valence-electron chi connectivity index (χ1n) is 7.74. The number of aryl methyl sites for hydroxylation is 3. The second-order valence-electron chi connectivity index (χ2n) is 5.65. The van der Waals surface area contributed by atoms with Crippen LogP contribution in [0.25, 0.3) is 0 Å². The van der Waals surface area contributed by atoms with Crippen molar-refractivity contribution in [3.8, 4) is 0 Å². The van der Waals surface area contributed by atoms with Gasteiger partial charge in [0.05, 0.1) is 10.7 Å². The molecule has 2 aromatic rings. The van der Waals surface area contributed by atoms with Crippen molar-refractivity contribution in [2.75, 3.05) is 6.54 Å². The SMILES string of the molecule is Cc1cc(C(F)(F)F)nn1CCCNC(=O)CCn1ncc(Br)c1C. The summed E-state index contributed by atoms with van der Waals surface area (Å²) in [5.41, 5.74) is 0.496. The molecular formula is C15H19BrF3N5O. The molecule has 0 aliphatic carbocycles. The van der Waals surface area contributed by atoms with Crippen molar-refractivity contribution in [3.63, 3.8) is 0 Å². The van der Waals surface area contributed by atoms with Crippen molar-refractivity contribution in [1.29, 1.82) is 0 Å². The van der Waals surface area contributed by atoms with Crippen molar-refractivity contribution in [2.45, 2.75) is 46.0 Å². The number of hydrogen-bond donors (Lipinski definition) is 1. The minimum Gasteiger partial charge on any atom is -0.356 e. The first-order valence-corrected chi connectivity index (χ1v) is 8.54. The van der Waals surface area contributed by atoms with E-state index in [1.807, 2.05) is 6.92 Å². The van der Waals surface area contributed by atoms with Gasteiger partial charge in [-0.25, -0.2) is 0 Å². The predicted molar refractivity (Wildman–Crippen MR) is 88.9 cm³/mol. The lowest BCUT2D eigenvalue weighted by atomic mass is 10.3. The Bertz CT molecular complexity index is 738. The molecule has 0 saturated heterocycles. The van der Waals surface area contributed by atoms with E-state index in [-0.39, 0.29) is 12.3 Å². The Morgan fingerprint density at radius 1 is 1.28 bits per heavy atom. The molecule has 25 heavy (non-hydrogen) atoms. The van der Waals surface area contributed by atoms with Gasteiger partial charge in [0.2, 0.25) is 5.91 Å². The molecule has 1 amide bonds. The molecule has 2 rings (SSSR count). The fourth-order valence-corrected chi connectivity index (χ4v) is 2.57. The topological polar surface area (TPSA) is 64.7 Å². The number of amides is 1. The number of halogens is 4. The molecule has 0 spiro atoms. The second-order valence-corrected chi connectivity index (χ2v) is 6.50. The van der Waals surface area contributed by atoms with E-state index < -0.39 is 11.9 Å². The largest absolute Gasteiger partial charge is 0.435 e. The molecule has 2 heterocycles. The summed E-state index contributed by atoms with van der Waals surface area (Å²) in [4.78, 5) is 11.8. The maximum atomic E-state index is 12.6. The van der Waals surface area contributed by atoms with Gasteiger partial charge in [0, 0.05) is 37.4 Å². The van der Waals surface area contributed by atoms with Gasteiger partial charge in [-0.05, 0) is 42.3 Å². The van der Waals surface area contributed by atoms with Crippen molar-refractivity contribution in [2.24, 2.45) is 0 Å². The van der Waals surface area contributed by atoms with Crippen LogP contribution in [0.2, 0.25) is 0 Å². The summed E-state index contributed by atoms with van der Waals surface area (Å²) in [6.45, 7) is 4.63. The van der Waals surface area contributed by atoms with Crippen molar-refractivity contribution < 1.29 is 18.0 Å². The molecule has 0 saturated carbocycles. The van der Waals surface area contributed by atoms with Crippen LogP contribution in [-0.2, 0) is 24.1 Å². The minimum absolute atomic E-state index is 0.126. The Hall–Kier alpha value is -1.84. The van der Waals surface area contributed by atoms with E-state index in [9.17, 15) is 18.0 Å². The molecule has 10 heteroatoms. The monoisotopic (exact) mass is 421 g/mol. The van der Waals surface area contributed by atoms with E-state index in [0.29, 0.717) is 31.7 Å². The van der Waals surface area contributed by atoms with Gasteiger partial charge in [0.25, 0.3) is 0 Å². The van der Waals surface area contributed by atoms with Crippen LogP contribution in [0, 0.1) is 13.8 Å². The highest BCUT2D eigenvalue weighted by Crippen LogP contribution is 2.28. The van der Waals surface area contributed by atoms with Crippen LogP contribution in [0.5, 0.6) is 0 Å². The van der Waals surface area contributed by atoms with E-state index in [4.69, 9.17) is 0 Å². The van der Waals surface area contributed by atoms with Crippen LogP contribution in [0.1, 0.15) is 29.9 Å². The van der Waals surface area contributed by atoms with E-state index in [0.717, 1.165) is 16.2 Å². The number of carbonyl (C=O) groups excluding carboxylic acids is 1. The van der Waals surface area contributed by atoms with E-state index in [2.05, 4.69) is 31.4 Å². The van der Waals surface area contributed by atoms with Crippen LogP contribution in [0.15, 0.2) is 16.7 Å². The van der Waals surface area contributed by atoms with Crippen LogP contribution in [0.4, 0.5) is 13.2 Å². The summed E-state index contributed by atoms with van der Waals surface area (Å²) < 4.78 is 41.7. The maximum Gasteiger partial charge on any atom is 0.435 e. The lowest BCUT2D eigenvalue weighted by Gasteiger charge is -2.08. The Morgan fingerprint density at radius 2 is 2.00 bits per heavy atom. The molecule has 2 aromatic heterocycles. The van der Waals surface area contributed by atoms with Gasteiger partial charge in [-0.1, -0.05) is 0 Å². The smallest absolute Gasteiger partial charge is 0.356 e. The number of hydrogen-bond acceptors (Lipinski definition) is 3. The number of aromatic nitrogens is 4. The zero-order valence-electron chi connectivity index (χ0n) is 13.9. The van der Waals surface area contributed by atoms with Crippen LogP contribution >= 0.6 is 15.9 Å². The van der Waals surface area contributed by atoms with Crippen LogP contribution in [-0.4, -0.2) is 32.0 Å². The summed E-state index contributed by atoms with van der Waals surface area (Å²) in [6.07, 6.45) is -1.98. The van der Waals surface area contributed by atoms with Gasteiger partial charge in [-0.2, -0.15) is 23.4 Å². The third-order valence-corrected chi connectivity index (χ3v) is 4.51. The molecule has 0 bridgehead atoms. The van der Waals surface area contributed by atoms with E-state index >= 15 is 0 Å². The molecule has 6 nitrogen and oxygen atoms in total. The predicted octanol–water partition coefficient (Wildman–Crippen LogP) is 3.07. The molecule has 0 aliphatic rings. The average molecular weight is 422 g/mol.